The van der Waals surface area contributed by atoms with Crippen molar-refractivity contribution in [3.63, 3.8) is 0 Å². The highest BCUT2D eigenvalue weighted by Crippen LogP contribution is 2.48. The molecule has 26 heavy (non-hydrogen) atoms. The number of hydrogen-bond donors (Lipinski definition) is 2. The fourth-order valence-corrected chi connectivity index (χ4v) is 3.17. The molecule has 0 bridgehead atoms. The first-order chi connectivity index (χ1) is 12.4. The molecule has 1 amide bonds. The minimum Gasteiger partial charge on any atom is -0.354 e. The van der Waals surface area contributed by atoms with Crippen molar-refractivity contribution >= 4 is 23.2 Å². The lowest BCUT2D eigenvalue weighted by atomic mass is 9.95. The first-order valence-electron chi connectivity index (χ1n) is 8.39. The Hall–Kier alpha value is -2.42. The van der Waals surface area contributed by atoms with Crippen LogP contribution in [0.25, 0.3) is 4.85 Å². The summed E-state index contributed by atoms with van der Waals surface area (Å²) in [5, 5.41) is 3.01. The summed E-state index contributed by atoms with van der Waals surface area (Å²) in [6.07, 6.45) is 2.24. The summed E-state index contributed by atoms with van der Waals surface area (Å²) in [5.74, 6) is -0.666. The molecule has 2 aromatic rings. The van der Waals surface area contributed by atoms with E-state index in [1.807, 2.05) is 12.1 Å². The molecule has 0 heterocycles. The maximum Gasteiger partial charge on any atom is 0.237 e. The zero-order valence-corrected chi connectivity index (χ0v) is 14.9. The second-order valence-corrected chi connectivity index (χ2v) is 7.12. The number of carbonyl (C=O) groups excluding carboxylic acids is 1. The third kappa shape index (κ3) is 4.04. The monoisotopic (exact) mass is 371 g/mol. The zero-order chi connectivity index (χ0) is 18.7. The van der Waals surface area contributed by atoms with Gasteiger partial charge in [-0.05, 0) is 42.5 Å². The smallest absolute Gasteiger partial charge is 0.237 e. The van der Waals surface area contributed by atoms with Gasteiger partial charge in [0.2, 0.25) is 5.91 Å². The summed E-state index contributed by atoms with van der Waals surface area (Å²) in [6, 6.07) is 11.1. The molecule has 3 rings (SSSR count). The molecule has 6 heteroatoms. The van der Waals surface area contributed by atoms with E-state index in [1.54, 1.807) is 24.3 Å². The molecular weight excluding hydrogens is 353 g/mol. The molecule has 4 nitrogen and oxygen atoms in total. The number of nitrogens with one attached hydrogen (secondary N) is 1. The van der Waals surface area contributed by atoms with Gasteiger partial charge in [0.05, 0.1) is 17.6 Å². The minimum atomic E-state index is -0.665. The Kier molecular flexibility index (Phi) is 5.26. The lowest BCUT2D eigenvalue weighted by molar-refractivity contribution is -0.122. The van der Waals surface area contributed by atoms with Crippen LogP contribution in [0, 0.1) is 12.4 Å². The van der Waals surface area contributed by atoms with Crippen molar-refractivity contribution in [2.45, 2.75) is 30.7 Å². The number of rotatable bonds is 6. The quantitative estimate of drug-likeness (QED) is 0.760. The second kappa shape index (κ2) is 7.45. The lowest BCUT2D eigenvalue weighted by Gasteiger charge is -2.19. The molecule has 0 radical (unpaired) electrons. The van der Waals surface area contributed by atoms with Crippen molar-refractivity contribution in [3.05, 3.63) is 75.8 Å². The topological polar surface area (TPSA) is 59.5 Å². The maximum absolute atomic E-state index is 13.3. The average Bonchev–Trinajstić information content (AvgIpc) is 3.43. The maximum atomic E-state index is 13.3. The van der Waals surface area contributed by atoms with Crippen molar-refractivity contribution in [1.82, 2.24) is 5.32 Å². The molecule has 0 spiro atoms. The number of nitrogens with zero attached hydrogens (tertiary/aromatic N) is 1. The Morgan fingerprint density at radius 1 is 1.31 bits per heavy atom. The van der Waals surface area contributed by atoms with Gasteiger partial charge < -0.3 is 11.1 Å². The van der Waals surface area contributed by atoms with E-state index in [0.29, 0.717) is 18.7 Å². The van der Waals surface area contributed by atoms with Crippen LogP contribution in [0.1, 0.15) is 24.0 Å². The van der Waals surface area contributed by atoms with Crippen LogP contribution >= 0.6 is 11.6 Å². The van der Waals surface area contributed by atoms with Gasteiger partial charge in [-0.25, -0.2) is 9.24 Å². The third-order valence-corrected chi connectivity index (χ3v) is 5.13. The minimum absolute atomic E-state index is 0.0969. The highest BCUT2D eigenvalue weighted by atomic mass is 35.5. The van der Waals surface area contributed by atoms with E-state index in [2.05, 4.69) is 10.2 Å². The van der Waals surface area contributed by atoms with E-state index in [-0.39, 0.29) is 16.3 Å². The lowest BCUT2D eigenvalue weighted by Crippen LogP contribution is -2.44. The van der Waals surface area contributed by atoms with Crippen molar-refractivity contribution in [2.75, 3.05) is 6.54 Å². The van der Waals surface area contributed by atoms with E-state index in [0.717, 1.165) is 24.0 Å². The van der Waals surface area contributed by atoms with Crippen LogP contribution < -0.4 is 11.1 Å². The van der Waals surface area contributed by atoms with Crippen LogP contribution in [0.2, 0.25) is 5.02 Å². The Morgan fingerprint density at radius 3 is 2.58 bits per heavy atom. The van der Waals surface area contributed by atoms with Gasteiger partial charge in [0.15, 0.2) is 5.69 Å². The van der Waals surface area contributed by atoms with Gasteiger partial charge in [-0.1, -0.05) is 41.9 Å². The van der Waals surface area contributed by atoms with Gasteiger partial charge >= 0.3 is 0 Å². The molecule has 1 fully saturated rings. The third-order valence-electron chi connectivity index (χ3n) is 4.84. The largest absolute Gasteiger partial charge is 0.354 e. The highest BCUT2D eigenvalue weighted by molar-refractivity contribution is 6.30. The first kappa shape index (κ1) is 18.4. The zero-order valence-electron chi connectivity index (χ0n) is 14.1. The van der Waals surface area contributed by atoms with Crippen LogP contribution in [-0.2, 0) is 16.6 Å². The SMILES string of the molecule is [C-]#[N+]c1ccc(CC(N)C(=O)NCC2(c3ccc(F)c(Cl)c3)CC2)cc1. The molecule has 2 aromatic carbocycles. The number of amides is 1. The molecule has 1 aliphatic rings. The number of hydrogen-bond acceptors (Lipinski definition) is 2. The predicted molar refractivity (Wildman–Crippen MR) is 99.7 cm³/mol. The highest BCUT2D eigenvalue weighted by Gasteiger charge is 2.44. The van der Waals surface area contributed by atoms with Gasteiger partial charge in [-0.3, -0.25) is 4.79 Å². The summed E-state index contributed by atoms with van der Waals surface area (Å²) < 4.78 is 13.3. The van der Waals surface area contributed by atoms with E-state index >= 15 is 0 Å². The molecule has 0 aromatic heterocycles. The van der Waals surface area contributed by atoms with Gasteiger partial charge in [0.25, 0.3) is 0 Å². The number of halogens is 2. The second-order valence-electron chi connectivity index (χ2n) is 6.72. The van der Waals surface area contributed by atoms with Gasteiger partial charge in [0.1, 0.15) is 5.82 Å². The number of carbonyl (C=O) groups is 1. The summed E-state index contributed by atoms with van der Waals surface area (Å²) in [5.41, 5.74) is 8.23. The van der Waals surface area contributed by atoms with Crippen molar-refractivity contribution in [1.29, 1.82) is 0 Å². The van der Waals surface area contributed by atoms with E-state index in [1.165, 1.54) is 6.07 Å². The van der Waals surface area contributed by atoms with E-state index < -0.39 is 11.9 Å². The van der Waals surface area contributed by atoms with Crippen LogP contribution in [0.15, 0.2) is 42.5 Å². The average molecular weight is 372 g/mol. The standard InChI is InChI=1S/C20H19ClFN3O/c1-24-15-5-2-13(3-6-15)10-18(23)19(26)25-12-20(8-9-20)14-4-7-17(22)16(21)11-14/h2-7,11,18H,8-10,12,23H2,(H,25,26). The van der Waals surface area contributed by atoms with E-state index in [9.17, 15) is 9.18 Å². The first-order valence-corrected chi connectivity index (χ1v) is 8.76. The van der Waals surface area contributed by atoms with Gasteiger partial charge in [-0.2, -0.15) is 0 Å². The molecule has 0 aliphatic heterocycles. The van der Waals surface area contributed by atoms with Gasteiger partial charge in [-0.15, -0.1) is 0 Å². The fourth-order valence-electron chi connectivity index (χ4n) is 2.99. The predicted octanol–water partition coefficient (Wildman–Crippen LogP) is 3.75. The van der Waals surface area contributed by atoms with E-state index in [4.69, 9.17) is 23.9 Å². The molecule has 1 aliphatic carbocycles. The van der Waals surface area contributed by atoms with Crippen molar-refractivity contribution in [3.8, 4) is 0 Å². The fraction of sp³-hybridized carbons (Fsp3) is 0.300. The van der Waals surface area contributed by atoms with Crippen LogP contribution in [0.4, 0.5) is 10.1 Å². The molecule has 134 valence electrons. The summed E-state index contributed by atoms with van der Waals surface area (Å²) in [6.45, 7) is 7.40. The van der Waals surface area contributed by atoms with Crippen molar-refractivity contribution < 1.29 is 9.18 Å². The normalized spacial score (nSPS) is 15.8. The van der Waals surface area contributed by atoms with Crippen LogP contribution in [0.5, 0.6) is 0 Å². The Morgan fingerprint density at radius 2 is 2.00 bits per heavy atom. The Balaban J connectivity index is 1.57. The molecule has 0 saturated heterocycles. The Bertz CT molecular complexity index is 856. The summed E-state index contributed by atoms with van der Waals surface area (Å²) in [4.78, 5) is 15.7. The summed E-state index contributed by atoms with van der Waals surface area (Å²) >= 11 is 5.87. The number of benzene rings is 2. The number of nitrogens with two attached hydrogens (primary N) is 1. The molecule has 1 unspecified atom stereocenters. The van der Waals surface area contributed by atoms with Crippen LogP contribution in [0.3, 0.4) is 0 Å². The van der Waals surface area contributed by atoms with Gasteiger partial charge in [0, 0.05) is 12.0 Å². The van der Waals surface area contributed by atoms with Crippen molar-refractivity contribution in [2.24, 2.45) is 5.73 Å². The molecular formula is C20H19ClFN3O. The molecule has 1 atom stereocenters. The molecule has 1 saturated carbocycles. The van der Waals surface area contributed by atoms with Crippen LogP contribution in [-0.4, -0.2) is 18.5 Å². The Labute approximate surface area is 157 Å². The summed E-state index contributed by atoms with van der Waals surface area (Å²) in [7, 11) is 0. The molecule has 3 N–H and O–H groups in total.